The van der Waals surface area contributed by atoms with Crippen molar-refractivity contribution in [1.29, 1.82) is 0 Å². The molecule has 0 aromatic heterocycles. The second kappa shape index (κ2) is 5.14. The summed E-state index contributed by atoms with van der Waals surface area (Å²) in [6.07, 6.45) is 7.72. The Morgan fingerprint density at radius 1 is 1.26 bits per heavy atom. The molecule has 2 heteroatoms. The second-order valence-corrected chi connectivity index (χ2v) is 5.59. The molecule has 0 bridgehead atoms. The highest BCUT2D eigenvalue weighted by Gasteiger charge is 2.26. The number of nitrogens with zero attached hydrogens (tertiary/aromatic N) is 1. The van der Waals surface area contributed by atoms with E-state index in [4.69, 9.17) is 4.99 Å². The van der Waals surface area contributed by atoms with E-state index in [1.54, 1.807) is 0 Å². The summed E-state index contributed by atoms with van der Waals surface area (Å²) >= 11 is 0. The Kier molecular flexibility index (Phi) is 3.34. The Morgan fingerprint density at radius 2 is 2.11 bits per heavy atom. The molecule has 1 atom stereocenters. The Hall–Kier alpha value is -1.67. The summed E-state index contributed by atoms with van der Waals surface area (Å²) in [7, 11) is 0. The molecule has 98 valence electrons. The van der Waals surface area contributed by atoms with Gasteiger partial charge in [-0.1, -0.05) is 50.3 Å². The maximum atomic E-state index is 4.79. The molecule has 1 heterocycles. The average molecular weight is 252 g/mol. The van der Waals surface area contributed by atoms with Gasteiger partial charge in [0.05, 0.1) is 17.4 Å². The second-order valence-electron chi connectivity index (χ2n) is 5.59. The van der Waals surface area contributed by atoms with Crippen LogP contribution in [0.15, 0.2) is 47.5 Å². The first kappa shape index (κ1) is 12.4. The van der Waals surface area contributed by atoms with E-state index in [2.05, 4.69) is 61.7 Å². The van der Waals surface area contributed by atoms with Gasteiger partial charge in [-0.25, -0.2) is 0 Å². The van der Waals surface area contributed by atoms with Gasteiger partial charge in [-0.3, -0.25) is 4.99 Å². The SMILES string of the molecule is CC(C)CCNC1C=CC=C2C1=Nc1ccccc12. The Bertz CT molecular complexity index is 564. The molecule has 0 spiro atoms. The topological polar surface area (TPSA) is 24.4 Å². The minimum absolute atomic E-state index is 0.256. The van der Waals surface area contributed by atoms with Gasteiger partial charge < -0.3 is 5.32 Å². The van der Waals surface area contributed by atoms with Crippen LogP contribution in [0.4, 0.5) is 5.69 Å². The van der Waals surface area contributed by atoms with Crippen LogP contribution < -0.4 is 5.32 Å². The van der Waals surface area contributed by atoms with Crippen LogP contribution in [0.2, 0.25) is 0 Å². The van der Waals surface area contributed by atoms with Crippen molar-refractivity contribution >= 4 is 17.0 Å². The third-order valence-corrected chi connectivity index (χ3v) is 3.66. The van der Waals surface area contributed by atoms with Crippen LogP contribution in [0.1, 0.15) is 25.8 Å². The first-order valence-electron chi connectivity index (χ1n) is 7.06. The smallest absolute Gasteiger partial charge is 0.0713 e. The van der Waals surface area contributed by atoms with E-state index in [0.29, 0.717) is 0 Å². The molecule has 0 saturated carbocycles. The summed E-state index contributed by atoms with van der Waals surface area (Å²) in [6.45, 7) is 5.55. The van der Waals surface area contributed by atoms with Crippen LogP contribution in [0.3, 0.4) is 0 Å². The zero-order chi connectivity index (χ0) is 13.2. The van der Waals surface area contributed by atoms with Crippen LogP contribution in [0.25, 0.3) is 5.57 Å². The summed E-state index contributed by atoms with van der Waals surface area (Å²) in [5.74, 6) is 0.734. The fourth-order valence-electron chi connectivity index (χ4n) is 2.59. The van der Waals surface area contributed by atoms with Crippen LogP contribution >= 0.6 is 0 Å². The van der Waals surface area contributed by atoms with E-state index in [1.807, 2.05) is 0 Å². The fourth-order valence-corrected chi connectivity index (χ4v) is 2.59. The molecular formula is C17H20N2. The van der Waals surface area contributed by atoms with Gasteiger partial charge in [0.15, 0.2) is 0 Å². The number of hydrogen-bond donors (Lipinski definition) is 1. The van der Waals surface area contributed by atoms with Gasteiger partial charge in [-0.05, 0) is 24.9 Å². The first-order valence-corrected chi connectivity index (χ1v) is 7.06. The quantitative estimate of drug-likeness (QED) is 0.867. The van der Waals surface area contributed by atoms with Crippen LogP contribution in [-0.4, -0.2) is 18.3 Å². The Balaban J connectivity index is 1.78. The molecule has 1 aliphatic carbocycles. The number of benzene rings is 1. The number of rotatable bonds is 4. The van der Waals surface area contributed by atoms with Crippen molar-refractivity contribution in [2.75, 3.05) is 6.54 Å². The standard InChI is InChI=1S/C17H20N2/c1-12(2)10-11-18-16-9-5-7-14-13-6-3-4-8-15(13)19-17(14)16/h3-9,12,16,18H,10-11H2,1-2H3. The lowest BCUT2D eigenvalue weighted by Gasteiger charge is -2.20. The zero-order valence-corrected chi connectivity index (χ0v) is 11.6. The molecule has 2 aliphatic rings. The van der Waals surface area contributed by atoms with Crippen LogP contribution in [-0.2, 0) is 0 Å². The van der Waals surface area contributed by atoms with E-state index < -0.39 is 0 Å². The van der Waals surface area contributed by atoms with E-state index in [1.165, 1.54) is 23.3 Å². The number of hydrogen-bond acceptors (Lipinski definition) is 2. The number of nitrogens with one attached hydrogen (secondary N) is 1. The van der Waals surface area contributed by atoms with Crippen molar-refractivity contribution in [1.82, 2.24) is 5.32 Å². The lowest BCUT2D eigenvalue weighted by molar-refractivity contribution is 0.539. The molecule has 1 aromatic rings. The van der Waals surface area contributed by atoms with Gasteiger partial charge in [0.2, 0.25) is 0 Å². The summed E-state index contributed by atoms with van der Waals surface area (Å²) in [5, 5.41) is 3.60. The molecule has 1 N–H and O–H groups in total. The average Bonchev–Trinajstić information content (AvgIpc) is 2.78. The highest BCUT2D eigenvalue weighted by atomic mass is 15.0. The van der Waals surface area contributed by atoms with Crippen molar-refractivity contribution < 1.29 is 0 Å². The molecule has 3 rings (SSSR count). The van der Waals surface area contributed by atoms with Crippen molar-refractivity contribution in [2.45, 2.75) is 26.3 Å². The van der Waals surface area contributed by atoms with Crippen molar-refractivity contribution in [2.24, 2.45) is 10.9 Å². The van der Waals surface area contributed by atoms with Crippen LogP contribution in [0, 0.1) is 5.92 Å². The van der Waals surface area contributed by atoms with Crippen molar-refractivity contribution in [3.63, 3.8) is 0 Å². The number of allylic oxidation sites excluding steroid dienone is 2. The van der Waals surface area contributed by atoms with Gasteiger partial charge in [-0.15, -0.1) is 0 Å². The number of aliphatic imine (C=N–C) groups is 1. The first-order chi connectivity index (χ1) is 9.25. The predicted molar refractivity (Wildman–Crippen MR) is 81.9 cm³/mol. The molecule has 1 unspecified atom stereocenters. The maximum Gasteiger partial charge on any atom is 0.0713 e. The Labute approximate surface area is 115 Å². The van der Waals surface area contributed by atoms with Gasteiger partial charge >= 0.3 is 0 Å². The van der Waals surface area contributed by atoms with E-state index >= 15 is 0 Å². The number of fused-ring (bicyclic) bond motifs is 3. The van der Waals surface area contributed by atoms with E-state index in [0.717, 1.165) is 18.2 Å². The molecule has 19 heavy (non-hydrogen) atoms. The van der Waals surface area contributed by atoms with Gasteiger partial charge in [0, 0.05) is 11.1 Å². The maximum absolute atomic E-state index is 4.79. The number of para-hydroxylation sites is 1. The molecule has 1 aliphatic heterocycles. The van der Waals surface area contributed by atoms with Crippen molar-refractivity contribution in [3.8, 4) is 0 Å². The fraction of sp³-hybridized carbons (Fsp3) is 0.353. The molecule has 0 amide bonds. The van der Waals surface area contributed by atoms with Gasteiger partial charge in [0.25, 0.3) is 0 Å². The predicted octanol–water partition coefficient (Wildman–Crippen LogP) is 3.73. The largest absolute Gasteiger partial charge is 0.305 e. The van der Waals surface area contributed by atoms with Crippen LogP contribution in [0.5, 0.6) is 0 Å². The molecule has 0 fully saturated rings. The van der Waals surface area contributed by atoms with E-state index in [9.17, 15) is 0 Å². The minimum Gasteiger partial charge on any atom is -0.305 e. The van der Waals surface area contributed by atoms with E-state index in [-0.39, 0.29) is 6.04 Å². The summed E-state index contributed by atoms with van der Waals surface area (Å²) in [5.41, 5.74) is 4.81. The zero-order valence-electron chi connectivity index (χ0n) is 11.6. The molecular weight excluding hydrogens is 232 g/mol. The molecule has 0 radical (unpaired) electrons. The lowest BCUT2D eigenvalue weighted by Crippen LogP contribution is -2.36. The molecule has 2 nitrogen and oxygen atoms in total. The lowest BCUT2D eigenvalue weighted by atomic mass is 9.94. The summed E-state index contributed by atoms with van der Waals surface area (Å²) in [6, 6.07) is 8.63. The molecule has 0 saturated heterocycles. The Morgan fingerprint density at radius 3 is 2.95 bits per heavy atom. The van der Waals surface area contributed by atoms with Gasteiger partial charge in [-0.2, -0.15) is 0 Å². The van der Waals surface area contributed by atoms with Crippen molar-refractivity contribution in [3.05, 3.63) is 48.1 Å². The summed E-state index contributed by atoms with van der Waals surface area (Å²) < 4.78 is 0. The third kappa shape index (κ3) is 2.41. The third-order valence-electron chi connectivity index (χ3n) is 3.66. The highest BCUT2D eigenvalue weighted by molar-refractivity contribution is 6.32. The monoisotopic (exact) mass is 252 g/mol. The summed E-state index contributed by atoms with van der Waals surface area (Å²) in [4.78, 5) is 4.79. The highest BCUT2D eigenvalue weighted by Crippen LogP contribution is 2.37. The molecule has 1 aromatic carbocycles. The normalized spacial score (nSPS) is 20.1. The van der Waals surface area contributed by atoms with Gasteiger partial charge in [0.1, 0.15) is 0 Å². The minimum atomic E-state index is 0.256.